The summed E-state index contributed by atoms with van der Waals surface area (Å²) in [4.78, 5) is 0. The van der Waals surface area contributed by atoms with Crippen molar-refractivity contribution in [2.24, 2.45) is 5.92 Å². The van der Waals surface area contributed by atoms with Gasteiger partial charge in [0.2, 0.25) is 11.8 Å². The van der Waals surface area contributed by atoms with E-state index in [0.29, 0.717) is 31.6 Å². The van der Waals surface area contributed by atoms with Crippen molar-refractivity contribution in [3.63, 3.8) is 0 Å². The van der Waals surface area contributed by atoms with Crippen molar-refractivity contribution in [1.29, 1.82) is 0 Å². The van der Waals surface area contributed by atoms with Gasteiger partial charge in [0, 0.05) is 23.9 Å². The van der Waals surface area contributed by atoms with Crippen molar-refractivity contribution in [2.45, 2.75) is 34.1 Å². The minimum absolute atomic E-state index is 0.274. The molecule has 21 heavy (non-hydrogen) atoms. The Balaban J connectivity index is 2.58. The van der Waals surface area contributed by atoms with Gasteiger partial charge < -0.3 is 9.26 Å². The molecule has 1 rings (SSSR count). The second-order valence-electron chi connectivity index (χ2n) is 4.61. The SMILES string of the molecule is CCOP(=S)(OCC)Oc1ccc(OCCC(C)C)nn1. The van der Waals surface area contributed by atoms with Crippen LogP contribution in [-0.4, -0.2) is 30.0 Å². The Morgan fingerprint density at radius 3 is 2.14 bits per heavy atom. The van der Waals surface area contributed by atoms with Crippen LogP contribution < -0.4 is 9.26 Å². The van der Waals surface area contributed by atoms with Crippen molar-refractivity contribution in [3.8, 4) is 11.8 Å². The molecule has 0 atom stereocenters. The summed E-state index contributed by atoms with van der Waals surface area (Å²) in [5.74, 6) is 1.32. The van der Waals surface area contributed by atoms with Gasteiger partial charge in [0.05, 0.1) is 19.8 Å². The minimum atomic E-state index is -2.80. The van der Waals surface area contributed by atoms with E-state index >= 15 is 0 Å². The van der Waals surface area contributed by atoms with E-state index in [2.05, 4.69) is 24.0 Å². The van der Waals surface area contributed by atoms with Crippen molar-refractivity contribution in [3.05, 3.63) is 12.1 Å². The Hall–Kier alpha value is -0.750. The van der Waals surface area contributed by atoms with Gasteiger partial charge in [0.25, 0.3) is 0 Å². The molecule has 0 fully saturated rings. The number of rotatable bonds is 10. The molecule has 0 aromatic carbocycles. The summed E-state index contributed by atoms with van der Waals surface area (Å²) in [6.45, 7) is 6.60. The molecule has 1 aromatic heterocycles. The van der Waals surface area contributed by atoms with Crippen LogP contribution in [-0.2, 0) is 20.9 Å². The molecule has 0 saturated heterocycles. The standard InChI is InChI=1S/C13H23N2O4PS/c1-5-17-20(21,18-6-2)19-13-8-7-12(14-15-13)16-10-9-11(3)4/h7-8,11H,5-6,9-10H2,1-4H3. The zero-order chi connectivity index (χ0) is 15.7. The predicted molar refractivity (Wildman–Crippen MR) is 85.1 cm³/mol. The number of aromatic nitrogens is 2. The van der Waals surface area contributed by atoms with Gasteiger partial charge in [-0.15, -0.1) is 10.2 Å². The molecule has 0 aliphatic heterocycles. The molecule has 1 heterocycles. The molecule has 0 bridgehead atoms. The van der Waals surface area contributed by atoms with E-state index in [1.807, 2.05) is 13.8 Å². The fourth-order valence-corrected chi connectivity index (χ4v) is 3.35. The fourth-order valence-electron chi connectivity index (χ4n) is 1.35. The third-order valence-corrected chi connectivity index (χ3v) is 4.76. The van der Waals surface area contributed by atoms with Crippen molar-refractivity contribution >= 4 is 18.5 Å². The van der Waals surface area contributed by atoms with Gasteiger partial charge in [0.15, 0.2) is 0 Å². The zero-order valence-electron chi connectivity index (χ0n) is 12.9. The minimum Gasteiger partial charge on any atom is -0.477 e. The Morgan fingerprint density at radius 2 is 1.67 bits per heavy atom. The molecule has 0 aliphatic rings. The highest BCUT2D eigenvalue weighted by Crippen LogP contribution is 2.49. The number of nitrogens with zero attached hydrogens (tertiary/aromatic N) is 2. The molecule has 120 valence electrons. The topological polar surface area (TPSA) is 62.7 Å². The quantitative estimate of drug-likeness (QED) is 0.606. The van der Waals surface area contributed by atoms with E-state index in [0.717, 1.165) is 6.42 Å². The van der Waals surface area contributed by atoms with Crippen LogP contribution in [0.5, 0.6) is 11.8 Å². The van der Waals surface area contributed by atoms with Gasteiger partial charge in [-0.25, -0.2) is 0 Å². The summed E-state index contributed by atoms with van der Waals surface area (Å²) in [5.41, 5.74) is 0. The molecule has 8 heteroatoms. The van der Waals surface area contributed by atoms with Crippen LogP contribution in [0, 0.1) is 5.92 Å². The summed E-state index contributed by atoms with van der Waals surface area (Å²) in [6.07, 6.45) is 0.968. The zero-order valence-corrected chi connectivity index (χ0v) is 14.7. The van der Waals surface area contributed by atoms with E-state index in [9.17, 15) is 0 Å². The van der Waals surface area contributed by atoms with Crippen LogP contribution in [0.25, 0.3) is 0 Å². The molecule has 0 amide bonds. The van der Waals surface area contributed by atoms with E-state index in [1.54, 1.807) is 12.1 Å². The van der Waals surface area contributed by atoms with E-state index in [1.165, 1.54) is 0 Å². The summed E-state index contributed by atoms with van der Waals surface area (Å²) < 4.78 is 21.8. The molecule has 0 aliphatic carbocycles. The first-order valence-electron chi connectivity index (χ1n) is 7.04. The maximum absolute atomic E-state index is 5.53. The van der Waals surface area contributed by atoms with E-state index in [4.69, 9.17) is 30.1 Å². The first kappa shape index (κ1) is 18.3. The molecular formula is C13H23N2O4PS. The highest BCUT2D eigenvalue weighted by Gasteiger charge is 2.22. The van der Waals surface area contributed by atoms with Gasteiger partial charge >= 0.3 is 6.72 Å². The summed E-state index contributed by atoms with van der Waals surface area (Å²) >= 11 is 5.26. The summed E-state index contributed by atoms with van der Waals surface area (Å²) in [5, 5.41) is 7.87. The lowest BCUT2D eigenvalue weighted by atomic mass is 10.1. The maximum Gasteiger partial charge on any atom is 0.381 e. The Kier molecular flexibility index (Phi) is 8.11. The van der Waals surface area contributed by atoms with Gasteiger partial charge in [-0.3, -0.25) is 9.05 Å². The average Bonchev–Trinajstić information content (AvgIpc) is 2.41. The third kappa shape index (κ3) is 7.18. The largest absolute Gasteiger partial charge is 0.477 e. The Bertz CT molecular complexity index is 446. The Labute approximate surface area is 131 Å². The van der Waals surface area contributed by atoms with Gasteiger partial charge in [-0.1, -0.05) is 13.8 Å². The van der Waals surface area contributed by atoms with Crippen LogP contribution in [0.4, 0.5) is 0 Å². The third-order valence-electron chi connectivity index (χ3n) is 2.34. The Morgan fingerprint density at radius 1 is 1.10 bits per heavy atom. The highest BCUT2D eigenvalue weighted by molar-refractivity contribution is 8.07. The lowest BCUT2D eigenvalue weighted by molar-refractivity contribution is 0.214. The molecular weight excluding hydrogens is 311 g/mol. The summed E-state index contributed by atoms with van der Waals surface area (Å²) in [7, 11) is 0. The number of ether oxygens (including phenoxy) is 1. The monoisotopic (exact) mass is 334 g/mol. The first-order chi connectivity index (χ1) is 9.99. The molecule has 1 aromatic rings. The maximum atomic E-state index is 5.53. The predicted octanol–water partition coefficient (Wildman–Crippen LogP) is 3.58. The molecule has 0 unspecified atom stereocenters. The lowest BCUT2D eigenvalue weighted by Crippen LogP contribution is -2.05. The van der Waals surface area contributed by atoms with Crippen molar-refractivity contribution in [2.75, 3.05) is 19.8 Å². The molecule has 0 N–H and O–H groups in total. The normalized spacial score (nSPS) is 11.7. The highest BCUT2D eigenvalue weighted by atomic mass is 32.5. The molecule has 0 saturated carbocycles. The second kappa shape index (κ2) is 9.30. The van der Waals surface area contributed by atoms with Crippen molar-refractivity contribution in [1.82, 2.24) is 10.2 Å². The summed E-state index contributed by atoms with van der Waals surface area (Å²) in [6, 6.07) is 3.34. The fraction of sp³-hybridized carbons (Fsp3) is 0.692. The van der Waals surface area contributed by atoms with E-state index < -0.39 is 6.72 Å². The van der Waals surface area contributed by atoms with Crippen LogP contribution in [0.3, 0.4) is 0 Å². The van der Waals surface area contributed by atoms with Gasteiger partial charge in [-0.05, 0) is 26.2 Å². The lowest BCUT2D eigenvalue weighted by Gasteiger charge is -2.19. The smallest absolute Gasteiger partial charge is 0.381 e. The number of hydrogen-bond donors (Lipinski definition) is 0. The number of hydrogen-bond acceptors (Lipinski definition) is 7. The first-order valence-corrected chi connectivity index (χ1v) is 9.60. The van der Waals surface area contributed by atoms with Gasteiger partial charge in [0.1, 0.15) is 0 Å². The second-order valence-corrected chi connectivity index (χ2v) is 7.55. The van der Waals surface area contributed by atoms with Gasteiger partial charge in [-0.2, -0.15) is 0 Å². The van der Waals surface area contributed by atoms with Crippen LogP contribution in [0.2, 0.25) is 0 Å². The molecule has 6 nitrogen and oxygen atoms in total. The van der Waals surface area contributed by atoms with Crippen LogP contribution in [0.1, 0.15) is 34.1 Å². The van der Waals surface area contributed by atoms with E-state index in [-0.39, 0.29) is 5.88 Å². The van der Waals surface area contributed by atoms with Crippen LogP contribution in [0.15, 0.2) is 12.1 Å². The molecule has 0 spiro atoms. The van der Waals surface area contributed by atoms with Crippen LogP contribution >= 0.6 is 6.72 Å². The molecule has 0 radical (unpaired) electrons. The van der Waals surface area contributed by atoms with Crippen molar-refractivity contribution < 1.29 is 18.3 Å². The average molecular weight is 334 g/mol.